The SMILES string of the molecule is C[C@@H](OC(=O)Nc1c(-c2ccc(C34CCC(CC(=O)O)(CC3)OC4)cc2)cnn1C)c1ccccc1. The van der Waals surface area contributed by atoms with Crippen LogP contribution in [0.25, 0.3) is 11.1 Å². The fraction of sp³-hybridized carbons (Fsp3) is 0.393. The van der Waals surface area contributed by atoms with Gasteiger partial charge in [-0.25, -0.2) is 4.79 Å². The zero-order valence-corrected chi connectivity index (χ0v) is 20.6. The van der Waals surface area contributed by atoms with Crippen molar-refractivity contribution in [3.05, 3.63) is 71.9 Å². The maximum absolute atomic E-state index is 12.6. The number of fused-ring (bicyclic) bond motifs is 3. The molecule has 2 aromatic carbocycles. The van der Waals surface area contributed by atoms with Crippen LogP contribution in [0.15, 0.2) is 60.8 Å². The predicted molar refractivity (Wildman–Crippen MR) is 135 cm³/mol. The van der Waals surface area contributed by atoms with Gasteiger partial charge in [-0.1, -0.05) is 54.6 Å². The molecule has 1 atom stereocenters. The number of carbonyl (C=O) groups is 2. The van der Waals surface area contributed by atoms with E-state index in [1.165, 1.54) is 5.56 Å². The third-order valence-electron chi connectivity index (χ3n) is 7.77. The average molecular weight is 490 g/mol. The Labute approximate surface area is 210 Å². The molecule has 3 aliphatic rings. The van der Waals surface area contributed by atoms with Crippen LogP contribution < -0.4 is 5.32 Å². The lowest BCUT2D eigenvalue weighted by Gasteiger charge is -2.53. The summed E-state index contributed by atoms with van der Waals surface area (Å²) in [6.07, 6.45) is 4.25. The normalized spacial score (nSPS) is 23.7. The Morgan fingerprint density at radius 1 is 1.11 bits per heavy atom. The van der Waals surface area contributed by atoms with Gasteiger partial charge >= 0.3 is 12.1 Å². The first-order valence-corrected chi connectivity index (χ1v) is 12.3. The van der Waals surface area contributed by atoms with E-state index in [0.717, 1.165) is 42.4 Å². The number of nitrogens with one attached hydrogen (secondary N) is 1. The van der Waals surface area contributed by atoms with Gasteiger partial charge in [0, 0.05) is 18.0 Å². The summed E-state index contributed by atoms with van der Waals surface area (Å²) in [5, 5.41) is 16.4. The standard InChI is InChI=1S/C28H31N3O5/c1-19(20-6-4-3-5-7-20)36-26(34)30-25-23(17-29-31(25)2)21-8-10-22(11-9-21)27-12-14-28(15-13-27,35-18-27)16-24(32)33/h3-11,17,19H,12-16,18H2,1-2H3,(H,30,34)(H,32,33)/t19-,27?,28?/m1/s1. The van der Waals surface area contributed by atoms with Crippen molar-refractivity contribution in [2.75, 3.05) is 11.9 Å². The van der Waals surface area contributed by atoms with Crippen molar-refractivity contribution in [3.63, 3.8) is 0 Å². The molecule has 1 aromatic heterocycles. The summed E-state index contributed by atoms with van der Waals surface area (Å²) in [5.74, 6) is -0.240. The zero-order valence-electron chi connectivity index (χ0n) is 20.6. The molecule has 3 heterocycles. The molecule has 0 radical (unpaired) electrons. The molecule has 1 amide bonds. The van der Waals surface area contributed by atoms with Crippen LogP contribution in [0.4, 0.5) is 10.6 Å². The Hall–Kier alpha value is -3.65. The summed E-state index contributed by atoms with van der Waals surface area (Å²) in [4.78, 5) is 23.9. The maximum atomic E-state index is 12.6. The summed E-state index contributed by atoms with van der Waals surface area (Å²) >= 11 is 0. The lowest BCUT2D eigenvalue weighted by Crippen LogP contribution is -2.54. The predicted octanol–water partition coefficient (Wildman–Crippen LogP) is 5.45. The Kier molecular flexibility index (Phi) is 6.30. The summed E-state index contributed by atoms with van der Waals surface area (Å²) < 4.78 is 13.3. The van der Waals surface area contributed by atoms with Crippen LogP contribution in [0, 0.1) is 0 Å². The number of ether oxygens (including phenoxy) is 2. The van der Waals surface area contributed by atoms with E-state index in [1.54, 1.807) is 17.9 Å². The molecule has 3 aromatic rings. The molecule has 3 fully saturated rings. The van der Waals surface area contributed by atoms with Crippen LogP contribution in [-0.4, -0.2) is 39.2 Å². The largest absolute Gasteiger partial charge is 0.481 e. The van der Waals surface area contributed by atoms with Gasteiger partial charge in [-0.15, -0.1) is 0 Å². The van der Waals surface area contributed by atoms with E-state index in [4.69, 9.17) is 9.47 Å². The number of carboxylic acid groups (broad SMARTS) is 1. The van der Waals surface area contributed by atoms with E-state index >= 15 is 0 Å². The quantitative estimate of drug-likeness (QED) is 0.457. The number of amides is 1. The lowest BCUT2D eigenvalue weighted by atomic mass is 9.62. The number of carboxylic acids is 1. The van der Waals surface area contributed by atoms with Gasteiger partial charge in [-0.05, 0) is 49.3 Å². The van der Waals surface area contributed by atoms with Gasteiger partial charge in [0.05, 0.1) is 24.8 Å². The first-order valence-electron chi connectivity index (χ1n) is 12.3. The Balaban J connectivity index is 1.29. The molecule has 8 nitrogen and oxygen atoms in total. The fourth-order valence-corrected chi connectivity index (χ4v) is 5.52. The van der Waals surface area contributed by atoms with Crippen LogP contribution in [0.1, 0.15) is 56.3 Å². The van der Waals surface area contributed by atoms with Crippen molar-refractivity contribution < 1.29 is 24.2 Å². The van der Waals surface area contributed by atoms with Gasteiger partial charge in [-0.3, -0.25) is 14.8 Å². The highest BCUT2D eigenvalue weighted by atomic mass is 16.6. The second kappa shape index (κ2) is 9.43. The summed E-state index contributed by atoms with van der Waals surface area (Å²) in [5.41, 5.74) is 3.27. The molecular weight excluding hydrogens is 458 g/mol. The number of rotatable bonds is 7. The first-order chi connectivity index (χ1) is 17.3. The Morgan fingerprint density at radius 3 is 2.42 bits per heavy atom. The van der Waals surface area contributed by atoms with Gasteiger partial charge in [0.2, 0.25) is 0 Å². The lowest BCUT2D eigenvalue weighted by molar-refractivity contribution is -0.174. The number of aryl methyl sites for hydroxylation is 1. The number of aliphatic carboxylic acids is 1. The van der Waals surface area contributed by atoms with E-state index in [0.29, 0.717) is 12.4 Å². The van der Waals surface area contributed by atoms with Gasteiger partial charge in [0.25, 0.3) is 0 Å². The maximum Gasteiger partial charge on any atom is 0.413 e. The topological polar surface area (TPSA) is 103 Å². The average Bonchev–Trinajstić information content (AvgIpc) is 3.24. The Bertz CT molecular complexity index is 1230. The Morgan fingerprint density at radius 2 is 1.81 bits per heavy atom. The van der Waals surface area contributed by atoms with Crippen molar-refractivity contribution in [3.8, 4) is 11.1 Å². The molecule has 1 saturated carbocycles. The highest BCUT2D eigenvalue weighted by Crippen LogP contribution is 2.51. The highest BCUT2D eigenvalue weighted by Gasteiger charge is 2.51. The van der Waals surface area contributed by atoms with Gasteiger partial charge < -0.3 is 14.6 Å². The van der Waals surface area contributed by atoms with Crippen molar-refractivity contribution in [2.45, 2.75) is 56.1 Å². The molecule has 0 spiro atoms. The molecule has 6 rings (SSSR count). The molecular formula is C28H31N3O5. The minimum absolute atomic E-state index is 0.0748. The number of aromatic nitrogens is 2. The molecule has 2 N–H and O–H groups in total. The van der Waals surface area contributed by atoms with E-state index in [-0.39, 0.29) is 17.9 Å². The van der Waals surface area contributed by atoms with Gasteiger partial charge in [0.1, 0.15) is 11.9 Å². The third-order valence-corrected chi connectivity index (χ3v) is 7.77. The van der Waals surface area contributed by atoms with Crippen LogP contribution in [0.3, 0.4) is 0 Å². The second-order valence-corrected chi connectivity index (χ2v) is 10.0. The number of hydrogen-bond acceptors (Lipinski definition) is 5. The molecule has 188 valence electrons. The monoisotopic (exact) mass is 489 g/mol. The molecule has 0 unspecified atom stereocenters. The number of anilines is 1. The van der Waals surface area contributed by atoms with Gasteiger partial charge in [-0.2, -0.15) is 5.10 Å². The second-order valence-electron chi connectivity index (χ2n) is 10.0. The van der Waals surface area contributed by atoms with Gasteiger partial charge in [0.15, 0.2) is 0 Å². The molecule has 2 bridgehead atoms. The van der Waals surface area contributed by atoms with E-state index in [1.807, 2.05) is 49.4 Å². The fourth-order valence-electron chi connectivity index (χ4n) is 5.52. The third kappa shape index (κ3) is 4.60. The van der Waals surface area contributed by atoms with E-state index in [2.05, 4.69) is 22.5 Å². The first kappa shape index (κ1) is 24.1. The van der Waals surface area contributed by atoms with Crippen LogP contribution in [-0.2, 0) is 26.7 Å². The number of carbonyl (C=O) groups excluding carboxylic acids is 1. The number of nitrogens with zero attached hydrogens (tertiary/aromatic N) is 2. The molecule has 2 saturated heterocycles. The summed E-state index contributed by atoms with van der Waals surface area (Å²) in [7, 11) is 1.78. The molecule has 1 aliphatic carbocycles. The minimum atomic E-state index is -0.798. The smallest absolute Gasteiger partial charge is 0.413 e. The summed E-state index contributed by atoms with van der Waals surface area (Å²) in [6, 6.07) is 17.9. The molecule has 2 aliphatic heterocycles. The number of hydrogen-bond donors (Lipinski definition) is 2. The number of benzene rings is 2. The van der Waals surface area contributed by atoms with Crippen LogP contribution >= 0.6 is 0 Å². The molecule has 8 heteroatoms. The van der Waals surface area contributed by atoms with Crippen molar-refractivity contribution >= 4 is 17.9 Å². The summed E-state index contributed by atoms with van der Waals surface area (Å²) in [6.45, 7) is 2.38. The van der Waals surface area contributed by atoms with Crippen molar-refractivity contribution in [1.82, 2.24) is 9.78 Å². The van der Waals surface area contributed by atoms with Crippen molar-refractivity contribution in [1.29, 1.82) is 0 Å². The van der Waals surface area contributed by atoms with E-state index < -0.39 is 17.7 Å². The highest BCUT2D eigenvalue weighted by molar-refractivity contribution is 5.90. The van der Waals surface area contributed by atoms with Crippen molar-refractivity contribution in [2.24, 2.45) is 7.05 Å². The van der Waals surface area contributed by atoms with E-state index in [9.17, 15) is 14.7 Å². The van der Waals surface area contributed by atoms with Crippen LogP contribution in [0.2, 0.25) is 0 Å². The molecule has 36 heavy (non-hydrogen) atoms. The minimum Gasteiger partial charge on any atom is -0.481 e. The zero-order chi connectivity index (χ0) is 25.3. The van der Waals surface area contributed by atoms with Crippen LogP contribution in [0.5, 0.6) is 0 Å².